The highest BCUT2D eigenvalue weighted by Crippen LogP contribution is 2.26. The third-order valence-corrected chi connectivity index (χ3v) is 4.93. The van der Waals surface area contributed by atoms with Gasteiger partial charge in [0, 0.05) is 0 Å². The van der Waals surface area contributed by atoms with Crippen LogP contribution >= 0.6 is 11.8 Å². The minimum atomic E-state index is -3.49. The monoisotopic (exact) mass is 268 g/mol. The number of benzene rings is 1. The molecule has 6 heteroatoms. The van der Waals surface area contributed by atoms with Gasteiger partial charge in [0.05, 0.1) is 11.2 Å². The molecule has 0 fully saturated rings. The summed E-state index contributed by atoms with van der Waals surface area (Å²) in [7, 11) is -3.49. The molecule has 0 amide bonds. The zero-order valence-electron chi connectivity index (χ0n) is 9.47. The summed E-state index contributed by atoms with van der Waals surface area (Å²) >= 11 is 1.31. The lowest BCUT2D eigenvalue weighted by molar-refractivity contribution is 0.590. The van der Waals surface area contributed by atoms with Crippen molar-refractivity contribution < 1.29 is 8.42 Å². The zero-order chi connectivity index (χ0) is 12.5. The number of hydrogen-bond acceptors (Lipinski definition) is 4. The third kappa shape index (κ3) is 2.23. The first-order valence-corrected chi connectivity index (χ1v) is 7.65. The second-order valence-electron chi connectivity index (χ2n) is 3.56. The van der Waals surface area contributed by atoms with Crippen molar-refractivity contribution in [2.75, 3.05) is 6.26 Å². The summed E-state index contributed by atoms with van der Waals surface area (Å²) in [5, 5.41) is 0.652. The van der Waals surface area contributed by atoms with Gasteiger partial charge in [0.1, 0.15) is 5.03 Å². The number of nitrogens with zero attached hydrogens (tertiary/aromatic N) is 1. The molecule has 0 aliphatic rings. The minimum Gasteiger partial charge on any atom is -0.334 e. The molecule has 0 saturated carbocycles. The number of aromatic nitrogens is 2. The van der Waals surface area contributed by atoms with Crippen molar-refractivity contribution in [3.05, 3.63) is 36.2 Å². The fourth-order valence-electron chi connectivity index (χ4n) is 1.44. The second kappa shape index (κ2) is 4.54. The molecule has 1 aromatic carbocycles. The van der Waals surface area contributed by atoms with E-state index in [1.165, 1.54) is 18.1 Å². The van der Waals surface area contributed by atoms with E-state index in [0.29, 0.717) is 5.03 Å². The predicted molar refractivity (Wildman–Crippen MR) is 67.0 cm³/mol. The summed E-state index contributed by atoms with van der Waals surface area (Å²) in [6, 6.07) is 6.77. The fraction of sp³-hybridized carbons (Fsp3) is 0.182. The lowest BCUT2D eigenvalue weighted by Gasteiger charge is -2.03. The molecule has 17 heavy (non-hydrogen) atoms. The Morgan fingerprint density at radius 2 is 1.88 bits per heavy atom. The maximum absolute atomic E-state index is 12.3. The Hall–Kier alpha value is -1.27. The van der Waals surface area contributed by atoms with E-state index in [1.54, 1.807) is 30.5 Å². The highest BCUT2D eigenvalue weighted by molar-refractivity contribution is 7.99. The summed E-state index contributed by atoms with van der Waals surface area (Å²) < 4.78 is 24.6. The van der Waals surface area contributed by atoms with Crippen LogP contribution in [0.3, 0.4) is 0 Å². The van der Waals surface area contributed by atoms with Crippen molar-refractivity contribution in [2.24, 2.45) is 0 Å². The van der Waals surface area contributed by atoms with Crippen LogP contribution in [0.2, 0.25) is 0 Å². The lowest BCUT2D eigenvalue weighted by atomic mass is 10.2. The van der Waals surface area contributed by atoms with Gasteiger partial charge in [0.2, 0.25) is 9.84 Å². The number of thioether (sulfide) groups is 1. The Morgan fingerprint density at radius 1 is 1.24 bits per heavy atom. The number of aromatic amines is 1. The van der Waals surface area contributed by atoms with Crippen LogP contribution in [-0.2, 0) is 9.84 Å². The first-order chi connectivity index (χ1) is 8.05. The van der Waals surface area contributed by atoms with Gasteiger partial charge in [0.25, 0.3) is 0 Å². The van der Waals surface area contributed by atoms with E-state index in [0.717, 1.165) is 5.56 Å². The first kappa shape index (κ1) is 12.2. The van der Waals surface area contributed by atoms with E-state index in [9.17, 15) is 8.42 Å². The Morgan fingerprint density at radius 3 is 2.47 bits per heavy atom. The predicted octanol–water partition coefficient (Wildman–Crippen LogP) is 2.27. The van der Waals surface area contributed by atoms with Crippen LogP contribution in [0.15, 0.2) is 45.5 Å². The van der Waals surface area contributed by atoms with Crippen LogP contribution < -0.4 is 0 Å². The smallest absolute Gasteiger partial charge is 0.224 e. The van der Waals surface area contributed by atoms with E-state index in [-0.39, 0.29) is 9.92 Å². The first-order valence-electron chi connectivity index (χ1n) is 4.95. The highest BCUT2D eigenvalue weighted by atomic mass is 32.2. The van der Waals surface area contributed by atoms with Gasteiger partial charge >= 0.3 is 0 Å². The number of hydrogen-bond donors (Lipinski definition) is 1. The van der Waals surface area contributed by atoms with Gasteiger partial charge in [-0.1, -0.05) is 17.7 Å². The maximum Gasteiger partial charge on any atom is 0.224 e. The standard InChI is InChI=1S/C11H12N2O2S2/c1-8-3-5-9(6-4-8)17(14,15)11-10(16-2)12-7-13-11/h3-7H,1-2H3,(H,12,13). The molecule has 0 bridgehead atoms. The van der Waals surface area contributed by atoms with Gasteiger partial charge in [0.15, 0.2) is 5.03 Å². The quantitative estimate of drug-likeness (QED) is 0.867. The van der Waals surface area contributed by atoms with Crippen molar-refractivity contribution in [1.29, 1.82) is 0 Å². The molecule has 0 unspecified atom stereocenters. The molecule has 0 spiro atoms. The zero-order valence-corrected chi connectivity index (χ0v) is 11.1. The lowest BCUT2D eigenvalue weighted by Crippen LogP contribution is -2.03. The molecule has 1 aromatic heterocycles. The van der Waals surface area contributed by atoms with Gasteiger partial charge in [-0.25, -0.2) is 13.4 Å². The summed E-state index contributed by atoms with van der Waals surface area (Å²) in [4.78, 5) is 6.94. The van der Waals surface area contributed by atoms with Crippen LogP contribution in [0.4, 0.5) is 0 Å². The van der Waals surface area contributed by atoms with Crippen molar-refractivity contribution >= 4 is 21.6 Å². The maximum atomic E-state index is 12.3. The molecule has 1 N–H and O–H groups in total. The van der Waals surface area contributed by atoms with Crippen LogP contribution in [0.25, 0.3) is 0 Å². The molecule has 90 valence electrons. The molecule has 0 radical (unpaired) electrons. The Bertz CT molecular complexity index is 615. The Balaban J connectivity index is 2.54. The van der Waals surface area contributed by atoms with Crippen LogP contribution in [0, 0.1) is 6.92 Å². The molecule has 0 saturated heterocycles. The largest absolute Gasteiger partial charge is 0.334 e. The molecule has 0 aliphatic heterocycles. The van der Waals surface area contributed by atoms with Gasteiger partial charge < -0.3 is 4.98 Å². The molecule has 0 aliphatic carbocycles. The van der Waals surface area contributed by atoms with Crippen LogP contribution in [0.1, 0.15) is 5.56 Å². The average Bonchev–Trinajstić information content (AvgIpc) is 2.78. The van der Waals surface area contributed by atoms with E-state index >= 15 is 0 Å². The number of sulfone groups is 1. The molecule has 2 aromatic rings. The van der Waals surface area contributed by atoms with Gasteiger partial charge in [-0.05, 0) is 25.3 Å². The summed E-state index contributed by atoms with van der Waals surface area (Å²) in [5.41, 5.74) is 1.03. The van der Waals surface area contributed by atoms with E-state index in [4.69, 9.17) is 0 Å². The fourth-order valence-corrected chi connectivity index (χ4v) is 3.65. The number of H-pyrrole nitrogens is 1. The molecule has 0 atom stereocenters. The topological polar surface area (TPSA) is 62.8 Å². The number of nitrogens with one attached hydrogen (secondary N) is 1. The van der Waals surface area contributed by atoms with Gasteiger partial charge in [-0.3, -0.25) is 0 Å². The Labute approximate surface area is 104 Å². The summed E-state index contributed by atoms with van der Waals surface area (Å²) in [6.45, 7) is 1.92. The molecular formula is C11H12N2O2S2. The van der Waals surface area contributed by atoms with Crippen LogP contribution in [0.5, 0.6) is 0 Å². The summed E-state index contributed by atoms with van der Waals surface area (Å²) in [5.74, 6) is 0. The number of imidazole rings is 1. The molecule has 1 heterocycles. The van der Waals surface area contributed by atoms with E-state index < -0.39 is 9.84 Å². The minimum absolute atomic E-state index is 0.161. The SMILES string of the molecule is CSc1nc[nH]c1S(=O)(=O)c1ccc(C)cc1. The molecule has 2 rings (SSSR count). The number of rotatable bonds is 3. The number of aryl methyl sites for hydroxylation is 1. The van der Waals surface area contributed by atoms with Gasteiger partial charge in [-0.15, -0.1) is 11.8 Å². The second-order valence-corrected chi connectivity index (χ2v) is 6.24. The molecule has 4 nitrogen and oxygen atoms in total. The van der Waals surface area contributed by atoms with Crippen molar-refractivity contribution in [3.63, 3.8) is 0 Å². The van der Waals surface area contributed by atoms with Crippen molar-refractivity contribution in [3.8, 4) is 0 Å². The molecular weight excluding hydrogens is 256 g/mol. The average molecular weight is 268 g/mol. The highest BCUT2D eigenvalue weighted by Gasteiger charge is 2.23. The van der Waals surface area contributed by atoms with Crippen LogP contribution in [-0.4, -0.2) is 24.6 Å². The normalized spacial score (nSPS) is 11.6. The Kier molecular flexibility index (Phi) is 3.26. The third-order valence-electron chi connectivity index (χ3n) is 2.37. The van der Waals surface area contributed by atoms with E-state index in [1.807, 2.05) is 6.92 Å². The summed E-state index contributed by atoms with van der Waals surface area (Å²) in [6.07, 6.45) is 3.19. The van der Waals surface area contributed by atoms with E-state index in [2.05, 4.69) is 9.97 Å². The van der Waals surface area contributed by atoms with Crippen molar-refractivity contribution in [2.45, 2.75) is 21.9 Å². The van der Waals surface area contributed by atoms with Gasteiger partial charge in [-0.2, -0.15) is 0 Å². The van der Waals surface area contributed by atoms with Crippen molar-refractivity contribution in [1.82, 2.24) is 9.97 Å².